The van der Waals surface area contributed by atoms with Crippen molar-refractivity contribution in [3.05, 3.63) is 74.7 Å². The first-order valence-electron chi connectivity index (χ1n) is 22.6. The maximum atomic E-state index is 14.3. The van der Waals surface area contributed by atoms with Crippen LogP contribution in [-0.4, -0.2) is 124 Å². The maximum absolute atomic E-state index is 14.3. The van der Waals surface area contributed by atoms with Crippen LogP contribution in [0.4, 0.5) is 28.0 Å². The minimum absolute atomic E-state index is 0.0147. The number of rotatable bonds is 30. The highest BCUT2D eigenvalue weighted by Gasteiger charge is 2.44. The van der Waals surface area contributed by atoms with E-state index in [1.165, 1.54) is 0 Å². The number of hydrogen-bond donors (Lipinski definition) is 11. The molecule has 2 aromatic carbocycles. The summed E-state index contributed by atoms with van der Waals surface area (Å²) in [7, 11) is -7.40. The molecule has 0 aliphatic carbocycles. The number of hydrogen-bond acceptors (Lipinski definition) is 14. The largest absolute Gasteiger partial charge is 0.480 e. The van der Waals surface area contributed by atoms with Crippen molar-refractivity contribution in [3.63, 3.8) is 0 Å². The van der Waals surface area contributed by atoms with Crippen LogP contribution < -0.4 is 43.0 Å². The SMILES string of the molecule is [N-]=[N+]=Nc1c(F)c(F)c(C(=O)NCCCCCC(=O)NC(CCCCNC(=O)CCCCCNC(=O)c2cccc(C3SCC4NC(=O)NC43)c2)C(=O)NC(C(CC(N)C(=O)O)[SH](=O)=O)[SH](=O)=O)c(F)c1F. The number of benzene rings is 2. The van der Waals surface area contributed by atoms with Gasteiger partial charge < -0.3 is 48.1 Å². The zero-order valence-electron chi connectivity index (χ0n) is 38.3. The predicted molar refractivity (Wildman–Crippen MR) is 253 cm³/mol. The number of urea groups is 1. The van der Waals surface area contributed by atoms with Crippen LogP contribution in [0, 0.1) is 23.3 Å². The summed E-state index contributed by atoms with van der Waals surface area (Å²) in [5, 5.41) is 25.7. The van der Waals surface area contributed by atoms with Crippen molar-refractivity contribution in [3.8, 4) is 0 Å². The molecule has 0 saturated carbocycles. The summed E-state index contributed by atoms with van der Waals surface area (Å²) in [6, 6.07) is 3.75. The zero-order valence-corrected chi connectivity index (χ0v) is 40.9. The van der Waals surface area contributed by atoms with Crippen LogP contribution in [0.1, 0.15) is 109 Å². The number of nitrogens with two attached hydrogens (primary N) is 1. The molecule has 0 aromatic heterocycles. The molecular formula is C42H55F4N11O12S3. The topological polar surface area (TPSA) is 367 Å². The normalized spacial score (nSPS) is 17.6. The Morgan fingerprint density at radius 3 is 2.03 bits per heavy atom. The Hall–Kier alpha value is -6.23. The van der Waals surface area contributed by atoms with Gasteiger partial charge in [0.2, 0.25) is 17.7 Å². The quantitative estimate of drug-likeness (QED) is 0.00779. The first-order chi connectivity index (χ1) is 34.2. The Kier molecular flexibility index (Phi) is 23.3. The Bertz CT molecular complexity index is 2510. The van der Waals surface area contributed by atoms with Crippen LogP contribution in [0.3, 0.4) is 0 Å². The fourth-order valence-electron chi connectivity index (χ4n) is 7.73. The summed E-state index contributed by atoms with van der Waals surface area (Å²) >= 11 is 1.70. The van der Waals surface area contributed by atoms with Gasteiger partial charge in [-0.2, -0.15) is 0 Å². The predicted octanol–water partition coefficient (Wildman–Crippen LogP) is 1.91. The summed E-state index contributed by atoms with van der Waals surface area (Å²) < 4.78 is 105. The van der Waals surface area contributed by atoms with Gasteiger partial charge in [-0.05, 0) is 74.6 Å². The minimum atomic E-state index is -3.74. The molecule has 72 heavy (non-hydrogen) atoms. The first kappa shape index (κ1) is 58.3. The van der Waals surface area contributed by atoms with E-state index in [1.54, 1.807) is 23.9 Å². The lowest BCUT2D eigenvalue weighted by atomic mass is 9.99. The Labute approximate surface area is 417 Å². The third kappa shape index (κ3) is 16.9. The molecule has 30 heteroatoms. The van der Waals surface area contributed by atoms with E-state index < -0.39 is 109 Å². The number of carboxylic acids is 1. The van der Waals surface area contributed by atoms with Crippen molar-refractivity contribution in [2.75, 3.05) is 25.4 Å². The summed E-state index contributed by atoms with van der Waals surface area (Å²) in [6.45, 7) is 0.226. The fraction of sp³-hybridized carbons (Fsp3) is 0.548. The molecule has 2 heterocycles. The van der Waals surface area contributed by atoms with Gasteiger partial charge in [0.25, 0.3) is 11.8 Å². The van der Waals surface area contributed by atoms with Crippen LogP contribution in [0.25, 0.3) is 10.4 Å². The molecule has 2 aromatic rings. The minimum Gasteiger partial charge on any atom is -0.480 e. The molecule has 4 rings (SSSR count). The standard InChI is InChI=1S/C42H55F4N11O12S3/c43-30-29(31(44)33(46)35(32(30)45)56-57-48)39(62)51-17-7-2-4-14-28(59)52-24(38(61)55-40(72(68)69)26(71(66)67)19-23(47)41(63)64)12-5-8-15-49-27(58)13-3-1-6-16-50-37(60)22-11-9-10-21(18-22)36-34-25(20-70-36)53-42(65)54-34/h9-11,18,23-26,34,36,40,71-72H,1-8,12-17,19-20,47H2,(H,49,58)(H,50,60)(H,51,62)(H,52,59)(H,55,61)(H,63,64)(H2,53,54,65). The smallest absolute Gasteiger partial charge is 0.320 e. The van der Waals surface area contributed by atoms with E-state index in [9.17, 15) is 68.0 Å². The Balaban J connectivity index is 1.21. The van der Waals surface area contributed by atoms with Crippen LogP contribution in [-0.2, 0) is 40.6 Å². The van der Waals surface area contributed by atoms with Crippen molar-refractivity contribution < 1.29 is 73.1 Å². The van der Waals surface area contributed by atoms with Gasteiger partial charge >= 0.3 is 12.0 Å². The third-order valence-electron chi connectivity index (χ3n) is 11.5. The highest BCUT2D eigenvalue weighted by molar-refractivity contribution is 7.99. The molecule has 0 radical (unpaired) electrons. The molecule has 0 bridgehead atoms. The van der Waals surface area contributed by atoms with Crippen LogP contribution >= 0.6 is 11.8 Å². The number of fused-ring (bicyclic) bond motifs is 1. The summed E-state index contributed by atoms with van der Waals surface area (Å²) in [5.41, 5.74) is 12.1. The van der Waals surface area contributed by atoms with Crippen molar-refractivity contribution in [2.45, 2.75) is 117 Å². The molecular weight excluding hydrogens is 1020 g/mol. The van der Waals surface area contributed by atoms with Gasteiger partial charge in [-0.25, -0.2) is 39.2 Å². The van der Waals surface area contributed by atoms with Gasteiger partial charge in [0, 0.05) is 48.7 Å². The highest BCUT2D eigenvalue weighted by atomic mass is 32.2. The van der Waals surface area contributed by atoms with Gasteiger partial charge in [0.1, 0.15) is 39.4 Å². The molecule has 0 spiro atoms. The second-order valence-electron chi connectivity index (χ2n) is 16.7. The zero-order chi connectivity index (χ0) is 53.1. The maximum Gasteiger partial charge on any atom is 0.320 e. The van der Waals surface area contributed by atoms with E-state index in [4.69, 9.17) is 16.4 Å². The van der Waals surface area contributed by atoms with Gasteiger partial charge in [0.05, 0.1) is 22.6 Å². The number of amides is 7. The molecule has 10 N–H and O–H groups in total. The molecule has 2 aliphatic rings. The summed E-state index contributed by atoms with van der Waals surface area (Å²) in [5.74, 6) is -13.2. The lowest BCUT2D eigenvalue weighted by Crippen LogP contribution is -2.54. The number of aliphatic carboxylic acids is 1. The van der Waals surface area contributed by atoms with E-state index in [-0.39, 0.29) is 99.6 Å². The van der Waals surface area contributed by atoms with Gasteiger partial charge in [-0.15, -0.1) is 11.8 Å². The van der Waals surface area contributed by atoms with E-state index in [0.29, 0.717) is 31.4 Å². The molecule has 2 aliphatic heterocycles. The molecule has 2 fully saturated rings. The number of carbonyl (C=O) groups excluding carboxylic acids is 6. The number of azide groups is 1. The number of carbonyl (C=O) groups is 7. The summed E-state index contributed by atoms with van der Waals surface area (Å²) in [6.07, 6.45) is 1.37. The molecule has 23 nitrogen and oxygen atoms in total. The first-order valence-corrected chi connectivity index (χ1v) is 26.2. The van der Waals surface area contributed by atoms with E-state index in [0.717, 1.165) is 11.3 Å². The number of nitrogens with one attached hydrogen (secondary N) is 7. The van der Waals surface area contributed by atoms with Crippen molar-refractivity contribution in [1.82, 2.24) is 37.2 Å². The van der Waals surface area contributed by atoms with Gasteiger partial charge in [0.15, 0.2) is 34.0 Å². The second kappa shape index (κ2) is 28.7. The number of carboxylic acid groups (broad SMARTS) is 1. The summed E-state index contributed by atoms with van der Waals surface area (Å²) in [4.78, 5) is 89.3. The van der Waals surface area contributed by atoms with Crippen molar-refractivity contribution >= 4 is 80.4 Å². The van der Waals surface area contributed by atoms with Crippen molar-refractivity contribution in [1.29, 1.82) is 0 Å². The third-order valence-corrected chi connectivity index (χ3v) is 15.2. The fourth-order valence-corrected chi connectivity index (χ4v) is 11.2. The van der Waals surface area contributed by atoms with Crippen LogP contribution in [0.5, 0.6) is 0 Å². The monoisotopic (exact) mass is 1080 g/mol. The van der Waals surface area contributed by atoms with Crippen LogP contribution in [0.2, 0.25) is 0 Å². The highest BCUT2D eigenvalue weighted by Crippen LogP contribution is 2.42. The van der Waals surface area contributed by atoms with E-state index >= 15 is 0 Å². The number of nitrogens with zero attached hydrogens (tertiary/aromatic N) is 3. The van der Waals surface area contributed by atoms with Crippen LogP contribution in [0.15, 0.2) is 29.4 Å². The average molecular weight is 1080 g/mol. The average Bonchev–Trinajstić information content (AvgIpc) is 3.91. The Morgan fingerprint density at radius 1 is 0.806 bits per heavy atom. The number of unbranched alkanes of at least 4 members (excludes halogenated alkanes) is 5. The lowest BCUT2D eigenvalue weighted by Gasteiger charge is -2.24. The molecule has 7 amide bonds. The lowest BCUT2D eigenvalue weighted by molar-refractivity contribution is -0.138. The van der Waals surface area contributed by atoms with Gasteiger partial charge in [-0.1, -0.05) is 30.1 Å². The van der Waals surface area contributed by atoms with E-state index in [2.05, 4.69) is 47.2 Å². The Morgan fingerprint density at radius 2 is 1.42 bits per heavy atom. The number of thioether (sulfide) groups is 1. The van der Waals surface area contributed by atoms with Crippen molar-refractivity contribution in [2.24, 2.45) is 10.8 Å². The van der Waals surface area contributed by atoms with Gasteiger partial charge in [-0.3, -0.25) is 28.8 Å². The second-order valence-corrected chi connectivity index (χ2v) is 20.2. The van der Waals surface area contributed by atoms with E-state index in [1.807, 2.05) is 12.1 Å². The molecule has 396 valence electrons. The molecule has 2 saturated heterocycles. The number of halogens is 4. The number of thiol groups is 2. The molecule has 7 unspecified atom stereocenters. The molecule has 7 atom stereocenters.